The van der Waals surface area contributed by atoms with E-state index in [0.717, 1.165) is 12.8 Å². The third-order valence-electron chi connectivity index (χ3n) is 3.23. The molecule has 1 fully saturated rings. The number of carboxylic acids is 1. The molecule has 1 saturated heterocycles. The number of nitrogens with one attached hydrogen (secondary N) is 1. The molecule has 2 unspecified atom stereocenters. The first kappa shape index (κ1) is 14.0. The fourth-order valence-electron chi connectivity index (χ4n) is 1.87. The largest absolute Gasteiger partial charge is 0.481 e. The van der Waals surface area contributed by atoms with E-state index in [2.05, 4.69) is 5.32 Å². The molecule has 0 aliphatic carbocycles. The Morgan fingerprint density at radius 2 is 2.12 bits per heavy atom. The Labute approximate surface area is 102 Å². The molecule has 2 N–H and O–H groups in total. The van der Waals surface area contributed by atoms with Crippen LogP contribution in [0.5, 0.6) is 0 Å². The Balaban J connectivity index is 2.47. The number of hydrogen-bond acceptors (Lipinski definition) is 3. The highest BCUT2D eigenvalue weighted by Crippen LogP contribution is 2.24. The monoisotopic (exact) mass is 243 g/mol. The van der Waals surface area contributed by atoms with E-state index < -0.39 is 11.4 Å². The second-order valence-corrected chi connectivity index (χ2v) is 5.12. The third-order valence-corrected chi connectivity index (χ3v) is 3.23. The molecule has 0 aromatic rings. The zero-order chi connectivity index (χ0) is 13.1. The van der Waals surface area contributed by atoms with Gasteiger partial charge >= 0.3 is 5.97 Å². The average Bonchev–Trinajstić information content (AvgIpc) is 2.73. The maximum Gasteiger partial charge on any atom is 0.310 e. The zero-order valence-corrected chi connectivity index (χ0v) is 10.7. The summed E-state index contributed by atoms with van der Waals surface area (Å²) in [7, 11) is 0. The molecule has 0 saturated carbocycles. The van der Waals surface area contributed by atoms with E-state index in [-0.39, 0.29) is 24.5 Å². The van der Waals surface area contributed by atoms with Gasteiger partial charge in [0.25, 0.3) is 0 Å². The minimum absolute atomic E-state index is 0.0251. The summed E-state index contributed by atoms with van der Waals surface area (Å²) >= 11 is 0. The summed E-state index contributed by atoms with van der Waals surface area (Å²) in [6, 6.07) is 0. The molecule has 1 aliphatic rings. The SMILES string of the molecule is CCC1OCCC1C(=O)NCC(C)(C)C(=O)O. The first-order valence-electron chi connectivity index (χ1n) is 6.01. The fourth-order valence-corrected chi connectivity index (χ4v) is 1.87. The maximum absolute atomic E-state index is 11.9. The van der Waals surface area contributed by atoms with E-state index >= 15 is 0 Å². The van der Waals surface area contributed by atoms with Gasteiger partial charge in [-0.3, -0.25) is 9.59 Å². The molecule has 1 aliphatic heterocycles. The van der Waals surface area contributed by atoms with Crippen LogP contribution in [0, 0.1) is 11.3 Å². The molecular formula is C12H21NO4. The van der Waals surface area contributed by atoms with Crippen LogP contribution in [0.3, 0.4) is 0 Å². The Morgan fingerprint density at radius 3 is 2.65 bits per heavy atom. The highest BCUT2D eigenvalue weighted by molar-refractivity contribution is 5.81. The lowest BCUT2D eigenvalue weighted by Crippen LogP contribution is -2.42. The van der Waals surface area contributed by atoms with Gasteiger partial charge in [0.15, 0.2) is 0 Å². The minimum atomic E-state index is -0.934. The van der Waals surface area contributed by atoms with Crippen molar-refractivity contribution in [3.8, 4) is 0 Å². The van der Waals surface area contributed by atoms with Gasteiger partial charge in [0, 0.05) is 13.2 Å². The van der Waals surface area contributed by atoms with Gasteiger partial charge in [-0.2, -0.15) is 0 Å². The molecule has 1 heterocycles. The van der Waals surface area contributed by atoms with Crippen molar-refractivity contribution < 1.29 is 19.4 Å². The molecule has 5 nitrogen and oxygen atoms in total. The quantitative estimate of drug-likeness (QED) is 0.756. The van der Waals surface area contributed by atoms with Gasteiger partial charge < -0.3 is 15.2 Å². The summed E-state index contributed by atoms with van der Waals surface area (Å²) in [5, 5.41) is 11.7. The standard InChI is InChI=1S/C12H21NO4/c1-4-9-8(5-6-17-9)10(14)13-7-12(2,3)11(15)16/h8-9H,4-7H2,1-3H3,(H,13,14)(H,15,16). The highest BCUT2D eigenvalue weighted by atomic mass is 16.5. The summed E-state index contributed by atoms with van der Waals surface area (Å²) < 4.78 is 5.44. The lowest BCUT2D eigenvalue weighted by Gasteiger charge is -2.22. The summed E-state index contributed by atoms with van der Waals surface area (Å²) in [4.78, 5) is 22.8. The Bertz CT molecular complexity index is 301. The number of hydrogen-bond donors (Lipinski definition) is 2. The van der Waals surface area contributed by atoms with Crippen LogP contribution < -0.4 is 5.32 Å². The van der Waals surface area contributed by atoms with Crippen molar-refractivity contribution >= 4 is 11.9 Å². The van der Waals surface area contributed by atoms with Gasteiger partial charge in [0.2, 0.25) is 5.91 Å². The minimum Gasteiger partial charge on any atom is -0.481 e. The van der Waals surface area contributed by atoms with Crippen LogP contribution in [0.25, 0.3) is 0 Å². The van der Waals surface area contributed by atoms with Gasteiger partial charge in [0.05, 0.1) is 17.4 Å². The van der Waals surface area contributed by atoms with Crippen molar-refractivity contribution in [1.82, 2.24) is 5.32 Å². The number of carbonyl (C=O) groups excluding carboxylic acids is 1. The first-order chi connectivity index (χ1) is 7.88. The third kappa shape index (κ3) is 3.43. The summed E-state index contributed by atoms with van der Waals surface area (Å²) in [5.41, 5.74) is -0.934. The first-order valence-corrected chi connectivity index (χ1v) is 6.01. The Hall–Kier alpha value is -1.10. The molecule has 0 radical (unpaired) electrons. The van der Waals surface area contributed by atoms with E-state index in [0.29, 0.717) is 6.61 Å². The predicted octanol–water partition coefficient (Wildman–Crippen LogP) is 1.03. The molecule has 0 spiro atoms. The second kappa shape index (κ2) is 5.49. The van der Waals surface area contributed by atoms with Crippen LogP contribution in [0.15, 0.2) is 0 Å². The zero-order valence-electron chi connectivity index (χ0n) is 10.7. The highest BCUT2D eigenvalue weighted by Gasteiger charge is 2.34. The fraction of sp³-hybridized carbons (Fsp3) is 0.833. The normalized spacial score (nSPS) is 24.6. The molecule has 2 atom stereocenters. The van der Waals surface area contributed by atoms with E-state index in [1.165, 1.54) is 0 Å². The second-order valence-electron chi connectivity index (χ2n) is 5.12. The molecular weight excluding hydrogens is 222 g/mol. The van der Waals surface area contributed by atoms with Gasteiger partial charge in [-0.25, -0.2) is 0 Å². The smallest absolute Gasteiger partial charge is 0.310 e. The molecule has 98 valence electrons. The van der Waals surface area contributed by atoms with Crippen molar-refractivity contribution in [2.45, 2.75) is 39.7 Å². The number of amides is 1. The van der Waals surface area contributed by atoms with E-state index in [4.69, 9.17) is 9.84 Å². The summed E-state index contributed by atoms with van der Waals surface area (Å²) in [6.07, 6.45) is 1.50. The van der Waals surface area contributed by atoms with Crippen molar-refractivity contribution in [3.05, 3.63) is 0 Å². The maximum atomic E-state index is 11.9. The topological polar surface area (TPSA) is 75.6 Å². The van der Waals surface area contributed by atoms with E-state index in [1.807, 2.05) is 6.92 Å². The van der Waals surface area contributed by atoms with Crippen LogP contribution in [-0.4, -0.2) is 36.2 Å². The molecule has 0 bridgehead atoms. The van der Waals surface area contributed by atoms with Gasteiger partial charge in [-0.1, -0.05) is 6.92 Å². The average molecular weight is 243 g/mol. The molecule has 5 heteroatoms. The van der Waals surface area contributed by atoms with Crippen LogP contribution >= 0.6 is 0 Å². The van der Waals surface area contributed by atoms with Gasteiger partial charge in [0.1, 0.15) is 0 Å². The number of carboxylic acid groups (broad SMARTS) is 1. The van der Waals surface area contributed by atoms with Crippen molar-refractivity contribution in [2.75, 3.05) is 13.2 Å². The van der Waals surface area contributed by atoms with Crippen LogP contribution in [0.2, 0.25) is 0 Å². The van der Waals surface area contributed by atoms with Crippen LogP contribution in [-0.2, 0) is 14.3 Å². The molecule has 0 aromatic heterocycles. The van der Waals surface area contributed by atoms with Crippen LogP contribution in [0.4, 0.5) is 0 Å². The number of rotatable bonds is 5. The molecule has 17 heavy (non-hydrogen) atoms. The molecule has 0 aromatic carbocycles. The van der Waals surface area contributed by atoms with Crippen LogP contribution in [0.1, 0.15) is 33.6 Å². The predicted molar refractivity (Wildman–Crippen MR) is 62.6 cm³/mol. The number of aliphatic carboxylic acids is 1. The van der Waals surface area contributed by atoms with Crippen molar-refractivity contribution in [3.63, 3.8) is 0 Å². The number of ether oxygens (including phenoxy) is 1. The Morgan fingerprint density at radius 1 is 1.47 bits per heavy atom. The molecule has 1 amide bonds. The Kier molecular flexibility index (Phi) is 4.51. The van der Waals surface area contributed by atoms with E-state index in [9.17, 15) is 9.59 Å². The van der Waals surface area contributed by atoms with Gasteiger partial charge in [-0.05, 0) is 26.7 Å². The summed E-state index contributed by atoms with van der Waals surface area (Å²) in [5.74, 6) is -1.14. The van der Waals surface area contributed by atoms with E-state index in [1.54, 1.807) is 13.8 Å². The number of carbonyl (C=O) groups is 2. The van der Waals surface area contributed by atoms with Crippen molar-refractivity contribution in [1.29, 1.82) is 0 Å². The van der Waals surface area contributed by atoms with Crippen molar-refractivity contribution in [2.24, 2.45) is 11.3 Å². The molecule has 1 rings (SSSR count). The lowest BCUT2D eigenvalue weighted by molar-refractivity contribution is -0.147. The lowest BCUT2D eigenvalue weighted by atomic mass is 9.92. The van der Waals surface area contributed by atoms with Gasteiger partial charge in [-0.15, -0.1) is 0 Å². The summed E-state index contributed by atoms with van der Waals surface area (Å²) in [6.45, 7) is 5.93.